The lowest BCUT2D eigenvalue weighted by molar-refractivity contribution is -0.676. The van der Waals surface area contributed by atoms with E-state index < -0.39 is 5.54 Å². The molecule has 0 unspecified atom stereocenters. The maximum atomic E-state index is 12.5. The molecule has 0 radical (unpaired) electrons. The zero-order valence-corrected chi connectivity index (χ0v) is 15.4. The number of nitrogens with one attached hydrogen (secondary N) is 1. The third-order valence-corrected chi connectivity index (χ3v) is 5.16. The number of carbonyl (C=O) groups is 1. The van der Waals surface area contributed by atoms with Crippen molar-refractivity contribution in [1.82, 2.24) is 5.32 Å². The van der Waals surface area contributed by atoms with Crippen LogP contribution in [0, 0.1) is 24.2 Å². The van der Waals surface area contributed by atoms with Gasteiger partial charge in [-0.15, -0.1) is 0 Å². The van der Waals surface area contributed by atoms with E-state index in [9.17, 15) is 10.1 Å². The Kier molecular flexibility index (Phi) is 5.39. The minimum atomic E-state index is -0.739. The van der Waals surface area contributed by atoms with Gasteiger partial charge >= 0.3 is 0 Å². The number of hydrogen-bond donors (Lipinski definition) is 2. The first-order valence-electron chi connectivity index (χ1n) is 9.19. The third kappa shape index (κ3) is 4.30. The molecule has 2 aromatic rings. The van der Waals surface area contributed by atoms with E-state index in [0.717, 1.165) is 18.4 Å². The van der Waals surface area contributed by atoms with Crippen molar-refractivity contribution in [3.8, 4) is 6.07 Å². The third-order valence-electron chi connectivity index (χ3n) is 5.16. The van der Waals surface area contributed by atoms with Crippen molar-refractivity contribution in [1.29, 1.82) is 5.26 Å². The summed E-state index contributed by atoms with van der Waals surface area (Å²) in [5.41, 5.74) is 2.80. The first-order chi connectivity index (χ1) is 12.5. The fourth-order valence-electron chi connectivity index (χ4n) is 3.35. The van der Waals surface area contributed by atoms with E-state index in [1.54, 1.807) is 0 Å². The number of nitrogens with two attached hydrogens (primary N) is 1. The topological polar surface area (TPSA) is 69.5 Å². The van der Waals surface area contributed by atoms with Crippen LogP contribution < -0.4 is 10.6 Å². The Morgan fingerprint density at radius 3 is 2.38 bits per heavy atom. The highest BCUT2D eigenvalue weighted by atomic mass is 16.2. The van der Waals surface area contributed by atoms with Gasteiger partial charge < -0.3 is 10.6 Å². The standard InChI is InChI=1S/C22H25N3O/c1-16-8-10-18(11-9-16)21(17-6-4-3-5-7-17)24-14-20(26)25-22(2,15-23)19-12-13-19/h3-11,19,21,24H,12-14H2,1-2H3,(H,25,26)/p+1/t21-,22+/m0/s1. The van der Waals surface area contributed by atoms with E-state index in [-0.39, 0.29) is 18.5 Å². The summed E-state index contributed by atoms with van der Waals surface area (Å²) in [5.74, 6) is 0.201. The van der Waals surface area contributed by atoms with Crippen LogP contribution in [-0.4, -0.2) is 18.0 Å². The molecular formula is C22H26N3O+. The van der Waals surface area contributed by atoms with Crippen LogP contribution in [0.5, 0.6) is 0 Å². The van der Waals surface area contributed by atoms with Gasteiger partial charge in [0.2, 0.25) is 0 Å². The Bertz CT molecular complexity index is 790. The summed E-state index contributed by atoms with van der Waals surface area (Å²) in [7, 11) is 0. The smallest absolute Gasteiger partial charge is 0.276 e. The first-order valence-corrected chi connectivity index (χ1v) is 9.19. The molecule has 134 valence electrons. The molecule has 26 heavy (non-hydrogen) atoms. The SMILES string of the molecule is Cc1ccc([C@@H]([NH2+]CC(=O)N[C@](C)(C#N)C2CC2)c2ccccc2)cc1. The van der Waals surface area contributed by atoms with Crippen molar-refractivity contribution < 1.29 is 10.1 Å². The number of carbonyl (C=O) groups excluding carboxylic acids is 1. The van der Waals surface area contributed by atoms with Crippen LogP contribution in [0.1, 0.15) is 42.5 Å². The van der Waals surface area contributed by atoms with Crippen LogP contribution in [0.2, 0.25) is 0 Å². The van der Waals surface area contributed by atoms with Crippen LogP contribution in [0.25, 0.3) is 0 Å². The van der Waals surface area contributed by atoms with Gasteiger partial charge in [0, 0.05) is 11.1 Å². The van der Waals surface area contributed by atoms with Crippen molar-refractivity contribution in [3.05, 3.63) is 71.3 Å². The Morgan fingerprint density at radius 2 is 1.81 bits per heavy atom. The predicted octanol–water partition coefficient (Wildman–Crippen LogP) is 2.46. The van der Waals surface area contributed by atoms with Crippen molar-refractivity contribution in [2.75, 3.05) is 6.54 Å². The van der Waals surface area contributed by atoms with Gasteiger partial charge in [-0.1, -0.05) is 60.2 Å². The molecule has 2 aromatic carbocycles. The molecule has 1 amide bonds. The fourth-order valence-corrected chi connectivity index (χ4v) is 3.35. The molecule has 1 fully saturated rings. The second-order valence-electron chi connectivity index (χ2n) is 7.38. The average molecular weight is 348 g/mol. The van der Waals surface area contributed by atoms with Crippen molar-refractivity contribution in [2.45, 2.75) is 38.3 Å². The van der Waals surface area contributed by atoms with Gasteiger partial charge in [0.15, 0.2) is 6.54 Å². The van der Waals surface area contributed by atoms with Crippen LogP contribution in [0.4, 0.5) is 0 Å². The molecule has 0 spiro atoms. The second-order valence-corrected chi connectivity index (χ2v) is 7.38. The van der Waals surface area contributed by atoms with Crippen LogP contribution in [0.15, 0.2) is 54.6 Å². The Balaban J connectivity index is 1.71. The second kappa shape index (κ2) is 7.72. The van der Waals surface area contributed by atoms with E-state index in [0.29, 0.717) is 5.92 Å². The van der Waals surface area contributed by atoms with Gasteiger partial charge in [-0.3, -0.25) is 4.79 Å². The highest BCUT2D eigenvalue weighted by Crippen LogP contribution is 2.39. The molecule has 0 aromatic heterocycles. The maximum Gasteiger partial charge on any atom is 0.276 e. The lowest BCUT2D eigenvalue weighted by Crippen LogP contribution is -2.88. The summed E-state index contributed by atoms with van der Waals surface area (Å²) < 4.78 is 0. The van der Waals surface area contributed by atoms with Crippen molar-refractivity contribution >= 4 is 5.91 Å². The monoisotopic (exact) mass is 348 g/mol. The molecule has 3 rings (SSSR count). The summed E-state index contributed by atoms with van der Waals surface area (Å²) in [5, 5.41) is 14.4. The summed E-state index contributed by atoms with van der Waals surface area (Å²) in [6, 6.07) is 21.0. The van der Waals surface area contributed by atoms with Crippen LogP contribution in [0.3, 0.4) is 0 Å². The molecule has 3 N–H and O–H groups in total. The molecule has 4 heteroatoms. The molecule has 1 aliphatic rings. The lowest BCUT2D eigenvalue weighted by Gasteiger charge is -2.23. The molecule has 1 saturated carbocycles. The van der Waals surface area contributed by atoms with Crippen molar-refractivity contribution in [3.63, 3.8) is 0 Å². The molecular weight excluding hydrogens is 322 g/mol. The quantitative estimate of drug-likeness (QED) is 0.807. The molecule has 4 nitrogen and oxygen atoms in total. The van der Waals surface area contributed by atoms with E-state index in [2.05, 4.69) is 54.7 Å². The Morgan fingerprint density at radius 1 is 1.19 bits per heavy atom. The van der Waals surface area contributed by atoms with E-state index in [4.69, 9.17) is 0 Å². The lowest BCUT2D eigenvalue weighted by atomic mass is 9.97. The highest BCUT2D eigenvalue weighted by Gasteiger charge is 2.43. The molecule has 0 saturated heterocycles. The maximum absolute atomic E-state index is 12.5. The van der Waals surface area contributed by atoms with Gasteiger partial charge in [-0.05, 0) is 32.6 Å². The molecule has 0 aliphatic heterocycles. The molecule has 1 aliphatic carbocycles. The fraction of sp³-hybridized carbons (Fsp3) is 0.364. The number of amides is 1. The van der Waals surface area contributed by atoms with Gasteiger partial charge in [0.25, 0.3) is 5.91 Å². The largest absolute Gasteiger partial charge is 0.333 e. The molecule has 0 heterocycles. The zero-order valence-electron chi connectivity index (χ0n) is 15.4. The van der Waals surface area contributed by atoms with E-state index in [1.165, 1.54) is 11.1 Å². The average Bonchev–Trinajstić information content (AvgIpc) is 3.50. The summed E-state index contributed by atoms with van der Waals surface area (Å²) in [6.07, 6.45) is 2.04. The summed E-state index contributed by atoms with van der Waals surface area (Å²) >= 11 is 0. The van der Waals surface area contributed by atoms with Crippen LogP contribution in [-0.2, 0) is 4.79 Å². The van der Waals surface area contributed by atoms with Crippen molar-refractivity contribution in [2.24, 2.45) is 5.92 Å². The van der Waals surface area contributed by atoms with Gasteiger partial charge in [-0.25, -0.2) is 0 Å². The number of nitrogens with zero attached hydrogens (tertiary/aromatic N) is 1. The molecule has 0 bridgehead atoms. The normalized spacial score (nSPS) is 17.0. The summed E-state index contributed by atoms with van der Waals surface area (Å²) in [6.45, 7) is 4.19. The van der Waals surface area contributed by atoms with Gasteiger partial charge in [0.1, 0.15) is 11.6 Å². The number of benzene rings is 2. The van der Waals surface area contributed by atoms with Gasteiger partial charge in [-0.2, -0.15) is 5.26 Å². The van der Waals surface area contributed by atoms with E-state index >= 15 is 0 Å². The summed E-state index contributed by atoms with van der Waals surface area (Å²) in [4.78, 5) is 12.5. The zero-order chi connectivity index (χ0) is 18.6. The number of aryl methyl sites for hydroxylation is 1. The number of hydrogen-bond acceptors (Lipinski definition) is 2. The number of quaternary nitrogens is 1. The minimum Gasteiger partial charge on any atom is -0.333 e. The van der Waals surface area contributed by atoms with E-state index in [1.807, 2.05) is 30.4 Å². The number of nitriles is 1. The molecule has 2 atom stereocenters. The Labute approximate surface area is 155 Å². The highest BCUT2D eigenvalue weighted by molar-refractivity contribution is 5.78. The first kappa shape index (κ1) is 18.2. The number of rotatable bonds is 7. The van der Waals surface area contributed by atoms with Crippen LogP contribution >= 0.6 is 0 Å². The van der Waals surface area contributed by atoms with Gasteiger partial charge in [0.05, 0.1) is 6.07 Å². The predicted molar refractivity (Wildman–Crippen MR) is 101 cm³/mol. The Hall–Kier alpha value is -2.64. The minimum absolute atomic E-state index is 0.0526.